The van der Waals surface area contributed by atoms with Gasteiger partial charge in [0.05, 0.1) is 26.7 Å². The summed E-state index contributed by atoms with van der Waals surface area (Å²) in [6.45, 7) is 1.11. The Morgan fingerprint density at radius 3 is 1.91 bits per heavy atom. The predicted octanol–water partition coefficient (Wildman–Crippen LogP) is 2.78. The zero-order chi connectivity index (χ0) is 16.9. The van der Waals surface area contributed by atoms with Crippen LogP contribution in [0.1, 0.15) is 26.3 Å². The second kappa shape index (κ2) is 7.20. The smallest absolute Gasteiger partial charge is 0.338 e. The van der Waals surface area contributed by atoms with Crippen molar-refractivity contribution in [3.05, 3.63) is 71.3 Å². The lowest BCUT2D eigenvalue weighted by molar-refractivity contribution is -0.870. The molecule has 0 aliphatic carbocycles. The lowest BCUT2D eigenvalue weighted by Crippen LogP contribution is -2.38. The van der Waals surface area contributed by atoms with E-state index in [1.807, 2.05) is 39.3 Å². The average molecular weight is 312 g/mol. The summed E-state index contributed by atoms with van der Waals surface area (Å²) in [4.78, 5) is 24.3. The number of quaternary nitrogens is 1. The molecule has 2 rings (SSSR count). The molecule has 4 nitrogen and oxygen atoms in total. The Bertz CT molecular complexity index is 670. The van der Waals surface area contributed by atoms with Gasteiger partial charge in [-0.05, 0) is 12.1 Å². The normalized spacial score (nSPS) is 11.1. The van der Waals surface area contributed by atoms with Gasteiger partial charge in [-0.15, -0.1) is 0 Å². The van der Waals surface area contributed by atoms with Crippen molar-refractivity contribution in [2.75, 3.05) is 34.3 Å². The van der Waals surface area contributed by atoms with Crippen molar-refractivity contribution in [3.8, 4) is 0 Å². The van der Waals surface area contributed by atoms with Gasteiger partial charge in [-0.1, -0.05) is 42.5 Å². The first kappa shape index (κ1) is 16.9. The van der Waals surface area contributed by atoms with Gasteiger partial charge in [-0.2, -0.15) is 0 Å². The summed E-state index contributed by atoms with van der Waals surface area (Å²) in [5, 5.41) is 0. The topological polar surface area (TPSA) is 43.4 Å². The molecule has 0 radical (unpaired) electrons. The highest BCUT2D eigenvalue weighted by Crippen LogP contribution is 2.12. The van der Waals surface area contributed by atoms with E-state index >= 15 is 0 Å². The van der Waals surface area contributed by atoms with Gasteiger partial charge in [0, 0.05) is 11.1 Å². The Morgan fingerprint density at radius 1 is 0.826 bits per heavy atom. The first-order chi connectivity index (χ1) is 10.9. The Morgan fingerprint density at radius 2 is 1.35 bits per heavy atom. The minimum Gasteiger partial charge on any atom is -0.456 e. The molecule has 0 aliphatic rings. The molecule has 0 unspecified atom stereocenters. The number of hydrogen-bond acceptors (Lipinski definition) is 3. The number of rotatable bonds is 6. The number of esters is 1. The summed E-state index contributed by atoms with van der Waals surface area (Å²) in [6.07, 6.45) is 0. The lowest BCUT2D eigenvalue weighted by Gasteiger charge is -2.23. The number of nitrogens with zero attached hydrogens (tertiary/aromatic N) is 1. The van der Waals surface area contributed by atoms with Crippen LogP contribution in [-0.2, 0) is 4.74 Å². The molecule has 2 aromatic rings. The predicted molar refractivity (Wildman–Crippen MR) is 89.5 cm³/mol. The van der Waals surface area contributed by atoms with E-state index in [1.165, 1.54) is 0 Å². The van der Waals surface area contributed by atoms with Crippen LogP contribution >= 0.6 is 0 Å². The van der Waals surface area contributed by atoms with Crippen LogP contribution in [0.25, 0.3) is 0 Å². The summed E-state index contributed by atoms with van der Waals surface area (Å²) in [6, 6.07) is 15.6. The van der Waals surface area contributed by atoms with E-state index in [0.717, 1.165) is 11.0 Å². The van der Waals surface area contributed by atoms with Crippen LogP contribution in [-0.4, -0.2) is 50.5 Å². The molecule has 0 amide bonds. The summed E-state index contributed by atoms with van der Waals surface area (Å²) in [5.41, 5.74) is 1.64. The molecule has 0 bridgehead atoms. The molecule has 4 heteroatoms. The third-order valence-corrected chi connectivity index (χ3v) is 3.41. The minimum atomic E-state index is -0.364. The van der Waals surface area contributed by atoms with Gasteiger partial charge in [0.15, 0.2) is 5.78 Å². The van der Waals surface area contributed by atoms with Gasteiger partial charge < -0.3 is 9.22 Å². The zero-order valence-electron chi connectivity index (χ0n) is 13.8. The Kier molecular flexibility index (Phi) is 5.29. The first-order valence-electron chi connectivity index (χ1n) is 7.54. The zero-order valence-corrected chi connectivity index (χ0v) is 13.8. The molecule has 0 spiro atoms. The fourth-order valence-electron chi connectivity index (χ4n) is 2.01. The Balaban J connectivity index is 1.99. The molecular weight excluding hydrogens is 290 g/mol. The van der Waals surface area contributed by atoms with Crippen molar-refractivity contribution < 1.29 is 18.8 Å². The molecule has 0 saturated carbocycles. The maximum absolute atomic E-state index is 12.3. The Labute approximate surface area is 136 Å². The van der Waals surface area contributed by atoms with Crippen molar-refractivity contribution in [2.45, 2.75) is 0 Å². The monoisotopic (exact) mass is 312 g/mol. The standard InChI is InChI=1S/C19H22NO3/c1-20(2,3)13-14-23-19(22)17-11-9-16(10-12-17)18(21)15-7-5-4-6-8-15/h4-12H,13-14H2,1-3H3/q+1. The summed E-state index contributed by atoms with van der Waals surface area (Å²) < 4.78 is 5.98. The number of hydrogen-bond donors (Lipinski definition) is 0. The van der Waals surface area contributed by atoms with Crippen LogP contribution in [0.5, 0.6) is 0 Å². The molecule has 23 heavy (non-hydrogen) atoms. The van der Waals surface area contributed by atoms with Gasteiger partial charge in [0.2, 0.25) is 0 Å². The molecule has 120 valence electrons. The molecule has 0 atom stereocenters. The minimum absolute atomic E-state index is 0.0597. The maximum Gasteiger partial charge on any atom is 0.338 e. The number of likely N-dealkylation sites (N-methyl/N-ethyl adjacent to an activating group) is 1. The molecule has 2 aromatic carbocycles. The largest absolute Gasteiger partial charge is 0.456 e. The molecular formula is C19H22NO3+. The number of ether oxygens (including phenoxy) is 1. The maximum atomic E-state index is 12.3. The van der Waals surface area contributed by atoms with E-state index in [1.54, 1.807) is 36.4 Å². The second-order valence-corrected chi connectivity index (χ2v) is 6.42. The fraction of sp³-hybridized carbons (Fsp3) is 0.263. The summed E-state index contributed by atoms with van der Waals surface area (Å²) in [7, 11) is 6.12. The van der Waals surface area contributed by atoms with Crippen LogP contribution in [0, 0.1) is 0 Å². The summed E-state index contributed by atoms with van der Waals surface area (Å²) >= 11 is 0. The number of carbonyl (C=O) groups is 2. The van der Waals surface area contributed by atoms with Crippen molar-refractivity contribution >= 4 is 11.8 Å². The lowest BCUT2D eigenvalue weighted by atomic mass is 10.0. The van der Waals surface area contributed by atoms with Crippen LogP contribution in [0.15, 0.2) is 54.6 Å². The highest BCUT2D eigenvalue weighted by atomic mass is 16.5. The van der Waals surface area contributed by atoms with E-state index in [2.05, 4.69) is 0 Å². The fourth-order valence-corrected chi connectivity index (χ4v) is 2.01. The van der Waals surface area contributed by atoms with E-state index in [9.17, 15) is 9.59 Å². The average Bonchev–Trinajstić information content (AvgIpc) is 2.54. The van der Waals surface area contributed by atoms with E-state index < -0.39 is 0 Å². The number of carbonyl (C=O) groups excluding carboxylic acids is 2. The van der Waals surface area contributed by atoms with Gasteiger partial charge in [-0.25, -0.2) is 4.79 Å². The van der Waals surface area contributed by atoms with Gasteiger partial charge in [0.1, 0.15) is 13.2 Å². The highest BCUT2D eigenvalue weighted by molar-refractivity contribution is 6.09. The first-order valence-corrected chi connectivity index (χ1v) is 7.54. The third kappa shape index (κ3) is 5.04. The Hall–Kier alpha value is -2.46. The highest BCUT2D eigenvalue weighted by Gasteiger charge is 2.13. The van der Waals surface area contributed by atoms with Gasteiger partial charge in [-0.3, -0.25) is 4.79 Å². The van der Waals surface area contributed by atoms with Crippen LogP contribution in [0.4, 0.5) is 0 Å². The second-order valence-electron chi connectivity index (χ2n) is 6.42. The van der Waals surface area contributed by atoms with Gasteiger partial charge in [0.25, 0.3) is 0 Å². The van der Waals surface area contributed by atoms with E-state index in [-0.39, 0.29) is 11.8 Å². The number of benzene rings is 2. The van der Waals surface area contributed by atoms with Gasteiger partial charge >= 0.3 is 5.97 Å². The number of ketones is 1. The molecule has 0 heterocycles. The molecule has 0 aliphatic heterocycles. The van der Waals surface area contributed by atoms with Crippen molar-refractivity contribution in [2.24, 2.45) is 0 Å². The molecule has 0 N–H and O–H groups in total. The van der Waals surface area contributed by atoms with Crippen molar-refractivity contribution in [1.29, 1.82) is 0 Å². The molecule has 0 saturated heterocycles. The summed E-state index contributed by atoms with van der Waals surface area (Å²) in [5.74, 6) is -0.423. The third-order valence-electron chi connectivity index (χ3n) is 3.41. The van der Waals surface area contributed by atoms with Crippen LogP contribution < -0.4 is 0 Å². The van der Waals surface area contributed by atoms with Crippen molar-refractivity contribution in [3.63, 3.8) is 0 Å². The SMILES string of the molecule is C[N+](C)(C)CCOC(=O)c1ccc(C(=O)c2ccccc2)cc1. The molecule has 0 fully saturated rings. The van der Waals surface area contributed by atoms with E-state index in [4.69, 9.17) is 4.74 Å². The van der Waals surface area contributed by atoms with Crippen molar-refractivity contribution in [1.82, 2.24) is 0 Å². The molecule has 0 aromatic heterocycles. The van der Waals surface area contributed by atoms with Crippen LogP contribution in [0.2, 0.25) is 0 Å². The quantitative estimate of drug-likeness (QED) is 0.468. The van der Waals surface area contributed by atoms with E-state index in [0.29, 0.717) is 23.3 Å². The van der Waals surface area contributed by atoms with Crippen LogP contribution in [0.3, 0.4) is 0 Å².